The van der Waals surface area contributed by atoms with Crippen molar-refractivity contribution in [1.29, 1.82) is 0 Å². The molecule has 0 saturated carbocycles. The van der Waals surface area contributed by atoms with E-state index in [1.165, 1.54) is 22.9 Å². The van der Waals surface area contributed by atoms with Gasteiger partial charge in [0.15, 0.2) is 5.16 Å². The summed E-state index contributed by atoms with van der Waals surface area (Å²) < 4.78 is 0. The molecule has 1 heterocycles. The first kappa shape index (κ1) is 23.3. The standard InChI is InChI=1S/C27H26N4O2S/c1-17-3-7-19(8-4-17)24-25(20-9-5-18(2)6-10-20)31-27(30-24)34-16-15-23(32)29-22-13-11-21(12-14-22)26(28)33/h3-14H,15-16H2,1-2H3,(H2,28,33)(H,29,32)(H,30,31). The Bertz CT molecular complexity index is 1230. The van der Waals surface area contributed by atoms with Crippen molar-refractivity contribution in [3.8, 4) is 22.5 Å². The minimum Gasteiger partial charge on any atom is -0.366 e. The van der Waals surface area contributed by atoms with Crippen LogP contribution < -0.4 is 11.1 Å². The van der Waals surface area contributed by atoms with Crippen molar-refractivity contribution < 1.29 is 9.59 Å². The minimum absolute atomic E-state index is 0.108. The lowest BCUT2D eigenvalue weighted by Gasteiger charge is -2.05. The quantitative estimate of drug-likeness (QED) is 0.293. The van der Waals surface area contributed by atoms with Crippen LogP contribution in [0.5, 0.6) is 0 Å². The van der Waals surface area contributed by atoms with Gasteiger partial charge in [-0.2, -0.15) is 0 Å². The van der Waals surface area contributed by atoms with Crippen molar-refractivity contribution in [2.45, 2.75) is 25.4 Å². The summed E-state index contributed by atoms with van der Waals surface area (Å²) >= 11 is 1.51. The highest BCUT2D eigenvalue weighted by Crippen LogP contribution is 2.33. The van der Waals surface area contributed by atoms with Crippen LogP contribution in [0, 0.1) is 13.8 Å². The summed E-state index contributed by atoms with van der Waals surface area (Å²) in [6.07, 6.45) is 0.322. The predicted octanol–water partition coefficient (Wildman–Crippen LogP) is 5.58. The zero-order valence-electron chi connectivity index (χ0n) is 19.1. The zero-order valence-corrected chi connectivity index (χ0v) is 19.9. The number of anilines is 1. The Balaban J connectivity index is 1.45. The number of carbonyl (C=O) groups is 2. The van der Waals surface area contributed by atoms with Crippen molar-refractivity contribution in [3.63, 3.8) is 0 Å². The van der Waals surface area contributed by atoms with Gasteiger partial charge in [0, 0.05) is 34.6 Å². The highest BCUT2D eigenvalue weighted by molar-refractivity contribution is 7.99. The summed E-state index contributed by atoms with van der Waals surface area (Å²) in [6, 6.07) is 23.2. The first-order valence-electron chi connectivity index (χ1n) is 11.0. The van der Waals surface area contributed by atoms with Crippen LogP contribution in [0.25, 0.3) is 22.5 Å². The van der Waals surface area contributed by atoms with Crippen LogP contribution in [0.3, 0.4) is 0 Å². The van der Waals surface area contributed by atoms with E-state index in [9.17, 15) is 9.59 Å². The lowest BCUT2D eigenvalue weighted by atomic mass is 10.0. The summed E-state index contributed by atoms with van der Waals surface area (Å²) in [5.41, 5.74) is 12.6. The van der Waals surface area contributed by atoms with Gasteiger partial charge in [0.05, 0.1) is 11.4 Å². The van der Waals surface area contributed by atoms with Crippen LogP contribution in [0.2, 0.25) is 0 Å². The summed E-state index contributed by atoms with van der Waals surface area (Å²) in [6.45, 7) is 4.13. The highest BCUT2D eigenvalue weighted by Gasteiger charge is 2.15. The van der Waals surface area contributed by atoms with Crippen LogP contribution in [0.1, 0.15) is 27.9 Å². The molecule has 172 valence electrons. The Morgan fingerprint density at radius 3 is 2.06 bits per heavy atom. The fraction of sp³-hybridized carbons (Fsp3) is 0.148. The van der Waals surface area contributed by atoms with E-state index in [-0.39, 0.29) is 5.91 Å². The number of thioether (sulfide) groups is 1. The van der Waals surface area contributed by atoms with Gasteiger partial charge in [-0.05, 0) is 38.1 Å². The number of rotatable bonds is 8. The Kier molecular flexibility index (Phi) is 7.13. The lowest BCUT2D eigenvalue weighted by molar-refractivity contribution is -0.115. The normalized spacial score (nSPS) is 10.8. The number of nitrogens with zero attached hydrogens (tertiary/aromatic N) is 1. The van der Waals surface area contributed by atoms with E-state index in [1.807, 2.05) is 0 Å². The van der Waals surface area contributed by atoms with Gasteiger partial charge in [-0.3, -0.25) is 9.59 Å². The maximum Gasteiger partial charge on any atom is 0.248 e. The summed E-state index contributed by atoms with van der Waals surface area (Å²) in [5.74, 6) is -0.0366. The Morgan fingerprint density at radius 1 is 0.882 bits per heavy atom. The van der Waals surface area contributed by atoms with Gasteiger partial charge >= 0.3 is 0 Å². The van der Waals surface area contributed by atoms with E-state index in [0.717, 1.165) is 27.7 Å². The van der Waals surface area contributed by atoms with E-state index < -0.39 is 5.91 Å². The molecule has 1 aromatic heterocycles. The molecule has 0 spiro atoms. The molecule has 4 aromatic rings. The van der Waals surface area contributed by atoms with Crippen molar-refractivity contribution in [1.82, 2.24) is 9.97 Å². The number of nitrogens with one attached hydrogen (secondary N) is 2. The van der Waals surface area contributed by atoms with Crippen molar-refractivity contribution >= 4 is 29.3 Å². The summed E-state index contributed by atoms with van der Waals surface area (Å²) in [4.78, 5) is 31.8. The third kappa shape index (κ3) is 5.74. The minimum atomic E-state index is -0.497. The third-order valence-electron chi connectivity index (χ3n) is 5.37. The SMILES string of the molecule is Cc1ccc(-c2nc(SCCC(=O)Nc3ccc(C(N)=O)cc3)[nH]c2-c2ccc(C)cc2)cc1. The molecule has 0 radical (unpaired) electrons. The van der Waals surface area contributed by atoms with E-state index in [4.69, 9.17) is 10.7 Å². The topological polar surface area (TPSA) is 101 Å². The molecule has 4 N–H and O–H groups in total. The predicted molar refractivity (Wildman–Crippen MR) is 138 cm³/mol. The first-order chi connectivity index (χ1) is 16.4. The first-order valence-corrected chi connectivity index (χ1v) is 11.9. The van der Waals surface area contributed by atoms with E-state index >= 15 is 0 Å². The third-order valence-corrected chi connectivity index (χ3v) is 6.24. The van der Waals surface area contributed by atoms with Crippen LogP contribution in [-0.2, 0) is 4.79 Å². The molecule has 0 aliphatic heterocycles. The number of hydrogen-bond donors (Lipinski definition) is 3. The van der Waals surface area contributed by atoms with E-state index in [0.29, 0.717) is 23.4 Å². The molecule has 0 unspecified atom stereocenters. The van der Waals surface area contributed by atoms with Gasteiger partial charge < -0.3 is 16.0 Å². The maximum atomic E-state index is 12.4. The maximum absolute atomic E-state index is 12.4. The second kappa shape index (κ2) is 10.4. The number of nitrogens with two attached hydrogens (primary N) is 1. The molecule has 4 rings (SSSR count). The number of hydrogen-bond acceptors (Lipinski definition) is 4. The average Bonchev–Trinajstić information content (AvgIpc) is 3.24. The molecule has 0 saturated heterocycles. The molecule has 2 amide bonds. The number of imidazole rings is 1. The number of primary amides is 1. The largest absolute Gasteiger partial charge is 0.366 e. The Hall–Kier alpha value is -3.84. The zero-order chi connectivity index (χ0) is 24.1. The van der Waals surface area contributed by atoms with Gasteiger partial charge in [-0.25, -0.2) is 4.98 Å². The number of aromatic nitrogens is 2. The molecule has 0 atom stereocenters. The van der Waals surface area contributed by atoms with E-state index in [2.05, 4.69) is 72.7 Å². The number of benzene rings is 3. The molecule has 0 aliphatic carbocycles. The number of aromatic amines is 1. The van der Waals surface area contributed by atoms with Crippen LogP contribution in [-0.4, -0.2) is 27.5 Å². The van der Waals surface area contributed by atoms with Crippen molar-refractivity contribution in [3.05, 3.63) is 89.5 Å². The van der Waals surface area contributed by atoms with Gasteiger partial charge in [-0.1, -0.05) is 71.4 Å². The molecular weight excluding hydrogens is 444 g/mol. The molecule has 7 heteroatoms. The molecule has 0 aliphatic rings. The number of carbonyl (C=O) groups excluding carboxylic acids is 2. The molecular formula is C27H26N4O2S. The second-order valence-electron chi connectivity index (χ2n) is 8.09. The van der Waals surface area contributed by atoms with Crippen molar-refractivity contribution in [2.75, 3.05) is 11.1 Å². The van der Waals surface area contributed by atoms with Crippen LogP contribution in [0.4, 0.5) is 5.69 Å². The smallest absolute Gasteiger partial charge is 0.248 e. The van der Waals surface area contributed by atoms with E-state index in [1.54, 1.807) is 24.3 Å². The van der Waals surface area contributed by atoms with Gasteiger partial charge in [0.1, 0.15) is 0 Å². The van der Waals surface area contributed by atoms with Crippen LogP contribution in [0.15, 0.2) is 78.0 Å². The second-order valence-corrected chi connectivity index (χ2v) is 9.17. The number of amides is 2. The highest BCUT2D eigenvalue weighted by atomic mass is 32.2. The fourth-order valence-corrected chi connectivity index (χ4v) is 4.26. The monoisotopic (exact) mass is 470 g/mol. The lowest BCUT2D eigenvalue weighted by Crippen LogP contribution is -2.13. The van der Waals surface area contributed by atoms with Gasteiger partial charge in [-0.15, -0.1) is 0 Å². The average molecular weight is 471 g/mol. The number of aryl methyl sites for hydroxylation is 2. The Morgan fingerprint density at radius 2 is 1.47 bits per heavy atom. The molecule has 3 aromatic carbocycles. The van der Waals surface area contributed by atoms with Crippen molar-refractivity contribution in [2.24, 2.45) is 5.73 Å². The molecule has 6 nitrogen and oxygen atoms in total. The molecule has 0 fully saturated rings. The Labute approximate surface area is 203 Å². The van der Waals surface area contributed by atoms with Crippen LogP contribution >= 0.6 is 11.8 Å². The summed E-state index contributed by atoms with van der Waals surface area (Å²) in [7, 11) is 0. The molecule has 34 heavy (non-hydrogen) atoms. The van der Waals surface area contributed by atoms with Gasteiger partial charge in [0.25, 0.3) is 0 Å². The molecule has 0 bridgehead atoms. The fourth-order valence-electron chi connectivity index (χ4n) is 3.45. The summed E-state index contributed by atoms with van der Waals surface area (Å²) in [5, 5.41) is 3.61. The van der Waals surface area contributed by atoms with Gasteiger partial charge in [0.2, 0.25) is 11.8 Å². The number of H-pyrrole nitrogens is 1.